The molecule has 1 aromatic heterocycles. The molecule has 0 atom stereocenters. The highest BCUT2D eigenvalue weighted by Gasteiger charge is 2.09. The highest BCUT2D eigenvalue weighted by atomic mass is 79.9. The fourth-order valence-corrected chi connectivity index (χ4v) is 2.69. The van der Waals surface area contributed by atoms with Crippen LogP contribution in [0.1, 0.15) is 5.56 Å². The van der Waals surface area contributed by atoms with Crippen molar-refractivity contribution in [2.24, 2.45) is 0 Å². The number of hydrogen-bond acceptors (Lipinski definition) is 2. The van der Waals surface area contributed by atoms with Crippen LogP contribution in [-0.2, 0) is 0 Å². The zero-order valence-corrected chi connectivity index (χ0v) is 11.9. The van der Waals surface area contributed by atoms with Crippen LogP contribution >= 0.6 is 27.5 Å². The zero-order valence-electron chi connectivity index (χ0n) is 9.56. The minimum Gasteiger partial charge on any atom is -0.212 e. The highest BCUT2D eigenvalue weighted by molar-refractivity contribution is 9.10. The van der Waals surface area contributed by atoms with Crippen molar-refractivity contribution in [3.63, 3.8) is 0 Å². The van der Waals surface area contributed by atoms with Gasteiger partial charge in [-0.3, -0.25) is 0 Å². The topological polar surface area (TPSA) is 30.7 Å². The first kappa shape index (κ1) is 11.7. The number of halogens is 2. The molecule has 3 rings (SSSR count). The maximum Gasteiger partial charge on any atom is 0.115 e. The molecule has 5 heteroatoms. The second-order valence-corrected chi connectivity index (χ2v) is 5.38. The number of benzene rings is 2. The normalized spacial score (nSPS) is 11.1. The van der Waals surface area contributed by atoms with Gasteiger partial charge in [-0.05, 0) is 58.7 Å². The smallest absolute Gasteiger partial charge is 0.115 e. The molecule has 0 N–H and O–H groups in total. The summed E-state index contributed by atoms with van der Waals surface area (Å²) in [5.41, 5.74) is 3.88. The lowest BCUT2D eigenvalue weighted by Crippen LogP contribution is -1.97. The number of fused-ring (bicyclic) bond motifs is 1. The van der Waals surface area contributed by atoms with Gasteiger partial charge < -0.3 is 0 Å². The fourth-order valence-electron chi connectivity index (χ4n) is 1.86. The third kappa shape index (κ3) is 1.91. The summed E-state index contributed by atoms with van der Waals surface area (Å²) in [4.78, 5) is 0. The van der Waals surface area contributed by atoms with Gasteiger partial charge >= 0.3 is 0 Å². The van der Waals surface area contributed by atoms with Crippen LogP contribution in [-0.4, -0.2) is 15.0 Å². The Labute approximate surface area is 118 Å². The summed E-state index contributed by atoms with van der Waals surface area (Å²) >= 11 is 9.49. The average molecular weight is 323 g/mol. The predicted molar refractivity (Wildman–Crippen MR) is 76.3 cm³/mol. The van der Waals surface area contributed by atoms with Crippen LogP contribution < -0.4 is 0 Å². The van der Waals surface area contributed by atoms with Gasteiger partial charge in [-0.15, -0.1) is 5.10 Å². The van der Waals surface area contributed by atoms with Gasteiger partial charge in [-0.2, -0.15) is 0 Å². The van der Waals surface area contributed by atoms with Crippen LogP contribution in [0.15, 0.2) is 40.9 Å². The second kappa shape index (κ2) is 4.37. The lowest BCUT2D eigenvalue weighted by Gasteiger charge is -2.05. The average Bonchev–Trinajstić information content (AvgIpc) is 2.72. The number of nitrogens with zero attached hydrogens (tertiary/aromatic N) is 3. The molecule has 0 aliphatic carbocycles. The standard InChI is InChI=1S/C13H9BrClN3/c1-8-2-4-12(10(14)6-8)18-13-5-3-9(15)7-11(13)16-17-18/h2-7H,1H3. The molecule has 2 aromatic carbocycles. The van der Waals surface area contributed by atoms with E-state index in [4.69, 9.17) is 11.6 Å². The molecule has 0 spiro atoms. The van der Waals surface area contributed by atoms with Gasteiger partial charge in [0.05, 0.1) is 11.2 Å². The van der Waals surface area contributed by atoms with E-state index in [1.54, 1.807) is 4.68 Å². The van der Waals surface area contributed by atoms with Gasteiger partial charge in [0.15, 0.2) is 0 Å². The summed E-state index contributed by atoms with van der Waals surface area (Å²) in [6.45, 7) is 2.05. The van der Waals surface area contributed by atoms with E-state index in [0.717, 1.165) is 21.2 Å². The monoisotopic (exact) mass is 321 g/mol. The van der Waals surface area contributed by atoms with Crippen LogP contribution in [0.3, 0.4) is 0 Å². The molecule has 0 fully saturated rings. The maximum atomic E-state index is 5.94. The molecule has 0 aliphatic rings. The molecule has 18 heavy (non-hydrogen) atoms. The van der Waals surface area contributed by atoms with Crippen molar-refractivity contribution < 1.29 is 0 Å². The SMILES string of the molecule is Cc1ccc(-n2nnc3cc(Cl)ccc32)c(Br)c1. The summed E-state index contributed by atoms with van der Waals surface area (Å²) in [5.74, 6) is 0. The van der Waals surface area contributed by atoms with E-state index in [2.05, 4.69) is 32.3 Å². The Hall–Kier alpha value is -1.39. The molecule has 0 saturated heterocycles. The van der Waals surface area contributed by atoms with Gasteiger partial charge in [0, 0.05) is 9.50 Å². The van der Waals surface area contributed by atoms with Gasteiger partial charge in [0.2, 0.25) is 0 Å². The van der Waals surface area contributed by atoms with Crippen molar-refractivity contribution in [3.05, 3.63) is 51.5 Å². The first-order chi connectivity index (χ1) is 8.65. The van der Waals surface area contributed by atoms with Crippen LogP contribution in [0.4, 0.5) is 0 Å². The summed E-state index contributed by atoms with van der Waals surface area (Å²) in [6, 6.07) is 11.7. The third-order valence-corrected chi connectivity index (χ3v) is 3.61. The Morgan fingerprint density at radius 3 is 2.78 bits per heavy atom. The molecular weight excluding hydrogens is 314 g/mol. The van der Waals surface area contributed by atoms with E-state index in [1.165, 1.54) is 5.56 Å². The minimum atomic E-state index is 0.664. The lowest BCUT2D eigenvalue weighted by atomic mass is 10.2. The Bertz CT molecular complexity index is 736. The van der Waals surface area contributed by atoms with Crippen LogP contribution in [0.5, 0.6) is 0 Å². The quantitative estimate of drug-likeness (QED) is 0.674. The molecule has 0 aliphatic heterocycles. The van der Waals surface area contributed by atoms with Crippen molar-refractivity contribution in [3.8, 4) is 5.69 Å². The maximum absolute atomic E-state index is 5.94. The molecule has 0 bridgehead atoms. The van der Waals surface area contributed by atoms with Crippen LogP contribution in [0, 0.1) is 6.92 Å². The summed E-state index contributed by atoms with van der Waals surface area (Å²) in [7, 11) is 0. The van der Waals surface area contributed by atoms with E-state index in [1.807, 2.05) is 37.3 Å². The molecule has 3 nitrogen and oxygen atoms in total. The molecule has 0 saturated carbocycles. The number of rotatable bonds is 1. The number of aromatic nitrogens is 3. The molecule has 0 radical (unpaired) electrons. The van der Waals surface area contributed by atoms with Crippen LogP contribution in [0.2, 0.25) is 5.02 Å². The number of aryl methyl sites for hydroxylation is 1. The van der Waals surface area contributed by atoms with E-state index < -0.39 is 0 Å². The van der Waals surface area contributed by atoms with Crippen molar-refractivity contribution in [2.75, 3.05) is 0 Å². The van der Waals surface area contributed by atoms with Crippen molar-refractivity contribution >= 4 is 38.6 Å². The molecule has 3 aromatic rings. The molecule has 1 heterocycles. The molecule has 90 valence electrons. The van der Waals surface area contributed by atoms with Gasteiger partial charge in [-0.25, -0.2) is 4.68 Å². The Morgan fingerprint density at radius 1 is 1.17 bits per heavy atom. The summed E-state index contributed by atoms with van der Waals surface area (Å²) in [6.07, 6.45) is 0. The second-order valence-electron chi connectivity index (χ2n) is 4.09. The number of hydrogen-bond donors (Lipinski definition) is 0. The fraction of sp³-hybridized carbons (Fsp3) is 0.0769. The van der Waals surface area contributed by atoms with Gasteiger partial charge in [0.1, 0.15) is 5.52 Å². The first-order valence-electron chi connectivity index (χ1n) is 5.42. The lowest BCUT2D eigenvalue weighted by molar-refractivity contribution is 0.820. The third-order valence-electron chi connectivity index (χ3n) is 2.74. The Kier molecular flexibility index (Phi) is 2.84. The summed E-state index contributed by atoms with van der Waals surface area (Å²) in [5, 5.41) is 8.97. The zero-order chi connectivity index (χ0) is 12.7. The Balaban J connectivity index is 2.25. The Morgan fingerprint density at radius 2 is 2.00 bits per heavy atom. The van der Waals surface area contributed by atoms with Crippen molar-refractivity contribution in [2.45, 2.75) is 6.92 Å². The van der Waals surface area contributed by atoms with Crippen molar-refractivity contribution in [1.29, 1.82) is 0 Å². The van der Waals surface area contributed by atoms with Gasteiger partial charge in [-0.1, -0.05) is 22.9 Å². The predicted octanol–water partition coefficient (Wildman–Crippen LogP) is 4.14. The largest absolute Gasteiger partial charge is 0.212 e. The molecule has 0 unspecified atom stereocenters. The highest BCUT2D eigenvalue weighted by Crippen LogP contribution is 2.25. The van der Waals surface area contributed by atoms with E-state index >= 15 is 0 Å². The van der Waals surface area contributed by atoms with E-state index in [-0.39, 0.29) is 0 Å². The first-order valence-corrected chi connectivity index (χ1v) is 6.60. The summed E-state index contributed by atoms with van der Waals surface area (Å²) < 4.78 is 2.79. The van der Waals surface area contributed by atoms with Gasteiger partial charge in [0.25, 0.3) is 0 Å². The molecular formula is C13H9BrClN3. The van der Waals surface area contributed by atoms with Crippen LogP contribution in [0.25, 0.3) is 16.7 Å². The van der Waals surface area contributed by atoms with E-state index in [0.29, 0.717) is 5.02 Å². The van der Waals surface area contributed by atoms with E-state index in [9.17, 15) is 0 Å². The minimum absolute atomic E-state index is 0.664. The molecule has 0 amide bonds. The van der Waals surface area contributed by atoms with Crippen molar-refractivity contribution in [1.82, 2.24) is 15.0 Å².